The number of amides is 1. The number of ether oxygens (including phenoxy) is 2. The highest BCUT2D eigenvalue weighted by Gasteiger charge is 2.32. The third-order valence-electron chi connectivity index (χ3n) is 5.37. The first kappa shape index (κ1) is 23.4. The highest BCUT2D eigenvalue weighted by atomic mass is 32.2. The molecule has 180 valence electrons. The van der Waals surface area contributed by atoms with Crippen molar-refractivity contribution in [2.45, 2.75) is 5.75 Å². The van der Waals surface area contributed by atoms with Crippen LogP contribution in [0, 0.1) is 0 Å². The molecule has 0 N–H and O–H groups in total. The lowest BCUT2D eigenvalue weighted by Gasteiger charge is -2.18. The summed E-state index contributed by atoms with van der Waals surface area (Å²) in [7, 11) is 3.20. The minimum absolute atomic E-state index is 0.239. The topological polar surface area (TPSA) is 90.1 Å². The Hall–Kier alpha value is -4.37. The third kappa shape index (κ3) is 5.01. The van der Waals surface area contributed by atoms with Gasteiger partial charge in [-0.05, 0) is 48.0 Å². The van der Waals surface area contributed by atoms with Crippen LogP contribution in [-0.4, -0.2) is 35.5 Å². The number of hydrogen-bond donors (Lipinski definition) is 0. The number of carbonyl (C=O) groups is 1. The number of amidine groups is 1. The second-order valence-electron chi connectivity index (χ2n) is 7.69. The van der Waals surface area contributed by atoms with Crippen molar-refractivity contribution in [3.8, 4) is 23.0 Å². The molecular formula is C27H22N4O4S. The summed E-state index contributed by atoms with van der Waals surface area (Å²) < 4.78 is 16.4. The Morgan fingerprint density at radius 1 is 0.917 bits per heavy atom. The zero-order valence-corrected chi connectivity index (χ0v) is 20.4. The average Bonchev–Trinajstić information content (AvgIpc) is 3.53. The lowest BCUT2D eigenvalue weighted by Crippen LogP contribution is -2.30. The van der Waals surface area contributed by atoms with Crippen LogP contribution in [0.3, 0.4) is 0 Å². The molecule has 1 aliphatic rings. The van der Waals surface area contributed by atoms with Crippen LogP contribution in [0.15, 0.2) is 94.0 Å². The fraction of sp³-hybridized carbons (Fsp3) is 0.111. The number of benzene rings is 3. The SMILES string of the molecule is COc1ccc(/C=C2\N=C(SCc3nnc(-c4ccccc4)o3)N(c3cccc(OC)c3)C2=O)cc1. The van der Waals surface area contributed by atoms with Crippen LogP contribution in [0.25, 0.3) is 17.5 Å². The maximum Gasteiger partial charge on any atom is 0.283 e. The Bertz CT molecular complexity index is 1430. The maximum absolute atomic E-state index is 13.5. The van der Waals surface area contributed by atoms with Gasteiger partial charge in [-0.2, -0.15) is 0 Å². The summed E-state index contributed by atoms with van der Waals surface area (Å²) in [6.07, 6.45) is 1.75. The smallest absolute Gasteiger partial charge is 0.283 e. The molecule has 0 saturated heterocycles. The van der Waals surface area contributed by atoms with Gasteiger partial charge >= 0.3 is 0 Å². The second-order valence-corrected chi connectivity index (χ2v) is 8.64. The number of aliphatic imine (C=N–C) groups is 1. The Morgan fingerprint density at radius 2 is 1.69 bits per heavy atom. The van der Waals surface area contributed by atoms with Crippen LogP contribution in [0.4, 0.5) is 5.69 Å². The number of anilines is 1. The molecule has 0 atom stereocenters. The van der Waals surface area contributed by atoms with Crippen molar-refractivity contribution in [1.29, 1.82) is 0 Å². The molecule has 0 bridgehead atoms. The van der Waals surface area contributed by atoms with E-state index in [0.29, 0.717) is 39.8 Å². The standard InChI is InChI=1S/C27H22N4O4S/c1-33-21-13-11-18(12-14-21)15-23-26(32)31(20-9-6-10-22(16-20)34-2)27(28-23)36-17-24-29-30-25(35-24)19-7-4-3-5-8-19/h3-16H,17H2,1-2H3/b23-15-. The Labute approximate surface area is 212 Å². The number of nitrogens with zero attached hydrogens (tertiary/aromatic N) is 4. The summed E-state index contributed by atoms with van der Waals surface area (Å²) in [6, 6.07) is 24.3. The highest BCUT2D eigenvalue weighted by Crippen LogP contribution is 2.33. The Balaban J connectivity index is 1.43. The van der Waals surface area contributed by atoms with Crippen LogP contribution in [0.5, 0.6) is 11.5 Å². The van der Waals surface area contributed by atoms with E-state index < -0.39 is 0 Å². The minimum Gasteiger partial charge on any atom is -0.497 e. The van der Waals surface area contributed by atoms with Gasteiger partial charge in [0.05, 0.1) is 25.7 Å². The predicted molar refractivity (Wildman–Crippen MR) is 140 cm³/mol. The molecule has 8 nitrogen and oxygen atoms in total. The van der Waals surface area contributed by atoms with Crippen molar-refractivity contribution in [3.05, 3.63) is 96.0 Å². The molecule has 0 aliphatic carbocycles. The molecule has 5 rings (SSSR count). The quantitative estimate of drug-likeness (QED) is 0.314. The van der Waals surface area contributed by atoms with Gasteiger partial charge in [0.2, 0.25) is 11.8 Å². The van der Waals surface area contributed by atoms with Crippen molar-refractivity contribution in [2.75, 3.05) is 19.1 Å². The molecule has 1 amide bonds. The summed E-state index contributed by atoms with van der Waals surface area (Å²) in [4.78, 5) is 19.7. The predicted octanol–water partition coefficient (Wildman–Crippen LogP) is 5.43. The molecule has 2 heterocycles. The number of rotatable bonds is 7. The monoisotopic (exact) mass is 498 g/mol. The third-order valence-corrected chi connectivity index (χ3v) is 6.30. The average molecular weight is 499 g/mol. The van der Waals surface area contributed by atoms with Gasteiger partial charge in [0.1, 0.15) is 17.2 Å². The number of hydrogen-bond acceptors (Lipinski definition) is 8. The van der Waals surface area contributed by atoms with Gasteiger partial charge < -0.3 is 13.9 Å². The molecular weight excluding hydrogens is 476 g/mol. The Morgan fingerprint density at radius 3 is 2.44 bits per heavy atom. The van der Waals surface area contributed by atoms with Crippen LogP contribution in [0.2, 0.25) is 0 Å². The molecule has 0 spiro atoms. The lowest BCUT2D eigenvalue weighted by atomic mass is 10.2. The van der Waals surface area contributed by atoms with Crippen LogP contribution in [-0.2, 0) is 10.5 Å². The summed E-state index contributed by atoms with van der Waals surface area (Å²) in [5, 5.41) is 8.81. The number of thioether (sulfide) groups is 1. The molecule has 1 aromatic heterocycles. The minimum atomic E-state index is -0.239. The van der Waals surface area contributed by atoms with E-state index in [-0.39, 0.29) is 5.91 Å². The van der Waals surface area contributed by atoms with Crippen molar-refractivity contribution >= 4 is 34.6 Å². The molecule has 0 unspecified atom stereocenters. The summed E-state index contributed by atoms with van der Waals surface area (Å²) >= 11 is 1.34. The first-order valence-electron chi connectivity index (χ1n) is 11.1. The van der Waals surface area contributed by atoms with Gasteiger partial charge in [-0.25, -0.2) is 4.99 Å². The largest absolute Gasteiger partial charge is 0.497 e. The van der Waals surface area contributed by atoms with Crippen molar-refractivity contribution in [1.82, 2.24) is 10.2 Å². The maximum atomic E-state index is 13.5. The summed E-state index contributed by atoms with van der Waals surface area (Å²) in [5.74, 6) is 2.37. The van der Waals surface area contributed by atoms with Crippen LogP contribution >= 0.6 is 11.8 Å². The molecule has 0 saturated carbocycles. The Kier molecular flexibility index (Phi) is 6.81. The lowest BCUT2D eigenvalue weighted by molar-refractivity contribution is -0.113. The molecule has 3 aromatic carbocycles. The fourth-order valence-electron chi connectivity index (χ4n) is 3.56. The van der Waals surface area contributed by atoms with E-state index >= 15 is 0 Å². The number of methoxy groups -OCH3 is 2. The second kappa shape index (κ2) is 10.5. The van der Waals surface area contributed by atoms with E-state index in [2.05, 4.69) is 15.2 Å². The van der Waals surface area contributed by atoms with Crippen molar-refractivity contribution in [2.24, 2.45) is 4.99 Å². The molecule has 1 aliphatic heterocycles. The van der Waals surface area contributed by atoms with E-state index in [1.54, 1.807) is 31.3 Å². The fourth-order valence-corrected chi connectivity index (χ4v) is 4.41. The van der Waals surface area contributed by atoms with Gasteiger partial charge in [0.25, 0.3) is 5.91 Å². The van der Waals surface area contributed by atoms with Gasteiger partial charge in [-0.3, -0.25) is 9.69 Å². The summed E-state index contributed by atoms with van der Waals surface area (Å²) in [5.41, 5.74) is 2.65. The number of aromatic nitrogens is 2. The molecule has 9 heteroatoms. The van der Waals surface area contributed by atoms with E-state index in [9.17, 15) is 4.79 Å². The van der Waals surface area contributed by atoms with E-state index in [1.807, 2.05) is 72.8 Å². The van der Waals surface area contributed by atoms with Crippen LogP contribution in [0.1, 0.15) is 11.5 Å². The first-order valence-corrected chi connectivity index (χ1v) is 12.1. The van der Waals surface area contributed by atoms with Gasteiger partial charge in [0.15, 0.2) is 5.17 Å². The summed E-state index contributed by atoms with van der Waals surface area (Å²) in [6.45, 7) is 0. The molecule has 0 fully saturated rings. The van der Waals surface area contributed by atoms with Crippen LogP contribution < -0.4 is 14.4 Å². The van der Waals surface area contributed by atoms with E-state index in [1.165, 1.54) is 11.8 Å². The molecule has 4 aromatic rings. The number of carbonyl (C=O) groups excluding carboxylic acids is 1. The van der Waals surface area contributed by atoms with E-state index in [4.69, 9.17) is 13.9 Å². The zero-order chi connectivity index (χ0) is 24.9. The van der Waals surface area contributed by atoms with Gasteiger partial charge in [-0.1, -0.05) is 48.2 Å². The normalized spacial score (nSPS) is 14.3. The zero-order valence-electron chi connectivity index (χ0n) is 19.6. The first-order chi connectivity index (χ1) is 17.6. The van der Waals surface area contributed by atoms with Gasteiger partial charge in [0, 0.05) is 11.6 Å². The molecule has 0 radical (unpaired) electrons. The van der Waals surface area contributed by atoms with Crippen molar-refractivity contribution in [3.63, 3.8) is 0 Å². The van der Waals surface area contributed by atoms with Gasteiger partial charge in [-0.15, -0.1) is 10.2 Å². The van der Waals surface area contributed by atoms with E-state index in [0.717, 1.165) is 16.9 Å². The highest BCUT2D eigenvalue weighted by molar-refractivity contribution is 8.13. The molecule has 36 heavy (non-hydrogen) atoms. The van der Waals surface area contributed by atoms with Crippen molar-refractivity contribution < 1.29 is 18.7 Å².